The van der Waals surface area contributed by atoms with E-state index >= 15 is 0 Å². The fraction of sp³-hybridized carbons (Fsp3) is 0.250. The lowest BCUT2D eigenvalue weighted by Crippen LogP contribution is -2.45. The van der Waals surface area contributed by atoms with Crippen molar-refractivity contribution in [2.45, 2.75) is 18.6 Å². The SMILES string of the molecule is C=CCN1C(=O)C[C@H](C(=O)Nc2ccc(C(=O)OCC)cc2)SC1=Nc1cccc(OC)c1. The molecule has 0 aliphatic carbocycles. The van der Waals surface area contributed by atoms with Crippen molar-refractivity contribution < 1.29 is 23.9 Å². The molecule has 1 aliphatic heterocycles. The monoisotopic (exact) mass is 467 g/mol. The van der Waals surface area contributed by atoms with E-state index in [0.717, 1.165) is 0 Å². The number of nitrogens with zero attached hydrogens (tertiary/aromatic N) is 2. The number of methoxy groups -OCH3 is 1. The Morgan fingerprint density at radius 3 is 2.70 bits per heavy atom. The lowest BCUT2D eigenvalue weighted by Gasteiger charge is -2.31. The number of aliphatic imine (C=N–C) groups is 1. The molecule has 1 saturated heterocycles. The lowest BCUT2D eigenvalue weighted by atomic mass is 10.2. The van der Waals surface area contributed by atoms with Gasteiger partial charge in [0.1, 0.15) is 11.0 Å². The van der Waals surface area contributed by atoms with Gasteiger partial charge in [0.15, 0.2) is 5.17 Å². The summed E-state index contributed by atoms with van der Waals surface area (Å²) in [6, 6.07) is 13.5. The van der Waals surface area contributed by atoms with Crippen LogP contribution in [0.3, 0.4) is 0 Å². The minimum Gasteiger partial charge on any atom is -0.497 e. The maximum Gasteiger partial charge on any atom is 0.338 e. The lowest BCUT2D eigenvalue weighted by molar-refractivity contribution is -0.129. The number of amidine groups is 1. The van der Waals surface area contributed by atoms with Crippen molar-refractivity contribution in [3.8, 4) is 5.75 Å². The Balaban J connectivity index is 1.77. The molecule has 0 spiro atoms. The largest absolute Gasteiger partial charge is 0.497 e. The van der Waals surface area contributed by atoms with E-state index in [2.05, 4.69) is 16.9 Å². The van der Waals surface area contributed by atoms with Gasteiger partial charge in [-0.2, -0.15) is 0 Å². The first-order valence-electron chi connectivity index (χ1n) is 10.3. The number of esters is 1. The second kappa shape index (κ2) is 11.3. The number of anilines is 1. The number of ether oxygens (including phenoxy) is 2. The van der Waals surface area contributed by atoms with Gasteiger partial charge >= 0.3 is 5.97 Å². The van der Waals surface area contributed by atoms with Crippen LogP contribution in [0.25, 0.3) is 0 Å². The van der Waals surface area contributed by atoms with Crippen LogP contribution in [0.5, 0.6) is 5.75 Å². The van der Waals surface area contributed by atoms with Gasteiger partial charge in [-0.25, -0.2) is 9.79 Å². The number of carbonyl (C=O) groups excluding carboxylic acids is 3. The van der Waals surface area contributed by atoms with Crippen molar-refractivity contribution >= 4 is 46.1 Å². The van der Waals surface area contributed by atoms with Gasteiger partial charge in [0, 0.05) is 24.7 Å². The highest BCUT2D eigenvalue weighted by atomic mass is 32.2. The topological polar surface area (TPSA) is 97.3 Å². The van der Waals surface area contributed by atoms with E-state index in [9.17, 15) is 14.4 Å². The third-order valence-corrected chi connectivity index (χ3v) is 5.87. The molecule has 8 nitrogen and oxygen atoms in total. The number of hydrogen-bond acceptors (Lipinski definition) is 7. The van der Waals surface area contributed by atoms with Crippen LogP contribution in [0.15, 0.2) is 66.2 Å². The maximum atomic E-state index is 12.9. The molecule has 172 valence electrons. The Labute approximate surface area is 196 Å². The van der Waals surface area contributed by atoms with Crippen molar-refractivity contribution in [1.29, 1.82) is 0 Å². The molecular formula is C24H25N3O5S. The van der Waals surface area contributed by atoms with Crippen molar-refractivity contribution in [2.75, 3.05) is 25.6 Å². The number of carbonyl (C=O) groups is 3. The number of hydrogen-bond donors (Lipinski definition) is 1. The minimum atomic E-state index is -0.660. The average molecular weight is 468 g/mol. The third kappa shape index (κ3) is 6.23. The molecule has 9 heteroatoms. The van der Waals surface area contributed by atoms with Crippen LogP contribution in [-0.4, -0.2) is 53.4 Å². The van der Waals surface area contributed by atoms with E-state index in [4.69, 9.17) is 9.47 Å². The molecule has 2 amide bonds. The smallest absolute Gasteiger partial charge is 0.338 e. The summed E-state index contributed by atoms with van der Waals surface area (Å²) in [7, 11) is 1.56. The van der Waals surface area contributed by atoms with E-state index in [-0.39, 0.29) is 31.4 Å². The highest BCUT2D eigenvalue weighted by Gasteiger charge is 2.35. The van der Waals surface area contributed by atoms with Gasteiger partial charge in [-0.3, -0.25) is 14.5 Å². The number of amides is 2. The van der Waals surface area contributed by atoms with Crippen LogP contribution in [0, 0.1) is 0 Å². The predicted molar refractivity (Wildman–Crippen MR) is 129 cm³/mol. The van der Waals surface area contributed by atoms with E-state index in [1.807, 2.05) is 0 Å². The quantitative estimate of drug-likeness (QED) is 0.465. The first-order chi connectivity index (χ1) is 15.9. The van der Waals surface area contributed by atoms with Crippen LogP contribution in [0.2, 0.25) is 0 Å². The van der Waals surface area contributed by atoms with Crippen molar-refractivity contribution in [2.24, 2.45) is 4.99 Å². The van der Waals surface area contributed by atoms with Crippen molar-refractivity contribution in [3.63, 3.8) is 0 Å². The zero-order chi connectivity index (χ0) is 23.8. The normalized spacial score (nSPS) is 16.9. The van der Waals surface area contributed by atoms with Gasteiger partial charge < -0.3 is 14.8 Å². The molecule has 1 heterocycles. The Hall–Kier alpha value is -3.59. The molecule has 1 fully saturated rings. The molecule has 2 aromatic carbocycles. The molecule has 0 bridgehead atoms. The zero-order valence-corrected chi connectivity index (χ0v) is 19.3. The van der Waals surface area contributed by atoms with Gasteiger partial charge in [0.05, 0.1) is 25.0 Å². The molecule has 33 heavy (non-hydrogen) atoms. The average Bonchev–Trinajstić information content (AvgIpc) is 2.81. The Bertz CT molecular complexity index is 1070. The van der Waals surface area contributed by atoms with E-state index in [0.29, 0.717) is 27.9 Å². The molecule has 2 aromatic rings. The number of thioether (sulfide) groups is 1. The van der Waals surface area contributed by atoms with Gasteiger partial charge in [-0.05, 0) is 43.3 Å². The number of rotatable bonds is 8. The summed E-state index contributed by atoms with van der Waals surface area (Å²) in [5, 5.41) is 2.56. The van der Waals surface area contributed by atoms with Crippen LogP contribution in [0.1, 0.15) is 23.7 Å². The summed E-state index contributed by atoms with van der Waals surface area (Å²) >= 11 is 1.21. The standard InChI is InChI=1S/C24H25N3O5S/c1-4-13-27-21(28)15-20(33-24(27)26-18-7-6-8-19(14-18)31-3)22(29)25-17-11-9-16(10-12-17)23(30)32-5-2/h4,6-12,14,20H,1,5,13,15H2,2-3H3,(H,25,29)/t20-/m1/s1. The van der Waals surface area contributed by atoms with Crippen molar-refractivity contribution in [1.82, 2.24) is 4.90 Å². The molecular weight excluding hydrogens is 442 g/mol. The van der Waals surface area contributed by atoms with Gasteiger partial charge in [0.25, 0.3) is 0 Å². The second-order valence-electron chi connectivity index (χ2n) is 6.99. The summed E-state index contributed by atoms with van der Waals surface area (Å²) in [5.41, 5.74) is 1.51. The summed E-state index contributed by atoms with van der Waals surface area (Å²) in [4.78, 5) is 43.6. The number of nitrogens with one attached hydrogen (secondary N) is 1. The summed E-state index contributed by atoms with van der Waals surface area (Å²) < 4.78 is 10.2. The van der Waals surface area contributed by atoms with E-state index < -0.39 is 11.2 Å². The first-order valence-corrected chi connectivity index (χ1v) is 11.2. The minimum absolute atomic E-state index is 0.0301. The predicted octanol–water partition coefficient (Wildman–Crippen LogP) is 4.02. The molecule has 0 saturated carbocycles. The molecule has 1 aliphatic rings. The fourth-order valence-corrected chi connectivity index (χ4v) is 4.18. The highest BCUT2D eigenvalue weighted by molar-refractivity contribution is 8.15. The highest BCUT2D eigenvalue weighted by Crippen LogP contribution is 2.30. The molecule has 3 rings (SSSR count). The molecule has 0 unspecified atom stereocenters. The van der Waals surface area contributed by atoms with Gasteiger partial charge in [0.2, 0.25) is 11.8 Å². The van der Waals surface area contributed by atoms with E-state index in [1.54, 1.807) is 68.6 Å². The Morgan fingerprint density at radius 2 is 2.03 bits per heavy atom. The maximum absolute atomic E-state index is 12.9. The third-order valence-electron chi connectivity index (χ3n) is 4.69. The Morgan fingerprint density at radius 1 is 1.27 bits per heavy atom. The Kier molecular flexibility index (Phi) is 8.26. The number of benzene rings is 2. The molecule has 1 atom stereocenters. The summed E-state index contributed by atoms with van der Waals surface area (Å²) in [6.07, 6.45) is 1.65. The molecule has 1 N–H and O–H groups in total. The fourth-order valence-electron chi connectivity index (χ4n) is 3.07. The van der Waals surface area contributed by atoms with Crippen molar-refractivity contribution in [3.05, 3.63) is 66.7 Å². The van der Waals surface area contributed by atoms with Crippen LogP contribution < -0.4 is 10.1 Å². The first kappa shape index (κ1) is 24.1. The van der Waals surface area contributed by atoms with Gasteiger partial charge in [-0.1, -0.05) is 23.9 Å². The van der Waals surface area contributed by atoms with E-state index in [1.165, 1.54) is 16.7 Å². The summed E-state index contributed by atoms with van der Waals surface area (Å²) in [6.45, 7) is 6.02. The van der Waals surface area contributed by atoms with Crippen LogP contribution >= 0.6 is 11.8 Å². The van der Waals surface area contributed by atoms with Gasteiger partial charge in [-0.15, -0.1) is 6.58 Å². The second-order valence-corrected chi connectivity index (χ2v) is 8.16. The summed E-state index contributed by atoms with van der Waals surface area (Å²) in [5.74, 6) is -0.328. The zero-order valence-electron chi connectivity index (χ0n) is 18.4. The van der Waals surface area contributed by atoms with Crippen LogP contribution in [-0.2, 0) is 14.3 Å². The van der Waals surface area contributed by atoms with Crippen LogP contribution in [0.4, 0.5) is 11.4 Å². The molecule has 0 radical (unpaired) electrons. The molecule has 0 aromatic heterocycles.